The minimum Gasteiger partial charge on any atom is -0.474 e. The standard InChI is InChI=1S/C18H24N4O2S/c1-3-13(4-2-12(1)22-5-7-23-8-6-22)24-17-16-14-9-19-10-15(14)25-18(16)21-11-20-17/h11-13,19H,1-10H2. The van der Waals surface area contributed by atoms with Gasteiger partial charge in [-0.25, -0.2) is 9.97 Å². The Morgan fingerprint density at radius 2 is 1.96 bits per heavy atom. The van der Waals surface area contributed by atoms with Crippen LogP contribution in [0.15, 0.2) is 6.33 Å². The smallest absolute Gasteiger partial charge is 0.225 e. The molecule has 6 nitrogen and oxygen atoms in total. The Morgan fingerprint density at radius 3 is 2.80 bits per heavy atom. The number of ether oxygens (including phenoxy) is 2. The van der Waals surface area contributed by atoms with Crippen molar-refractivity contribution in [2.24, 2.45) is 0 Å². The number of fused-ring (bicyclic) bond motifs is 3. The summed E-state index contributed by atoms with van der Waals surface area (Å²) in [6.45, 7) is 5.77. The average molecular weight is 360 g/mol. The molecule has 5 rings (SSSR count). The molecule has 0 amide bonds. The van der Waals surface area contributed by atoms with Crippen molar-refractivity contribution < 1.29 is 9.47 Å². The van der Waals surface area contributed by atoms with Gasteiger partial charge < -0.3 is 14.8 Å². The zero-order valence-corrected chi connectivity index (χ0v) is 15.2. The van der Waals surface area contributed by atoms with Crippen LogP contribution in [-0.2, 0) is 17.8 Å². The van der Waals surface area contributed by atoms with Crippen LogP contribution in [0.5, 0.6) is 5.88 Å². The van der Waals surface area contributed by atoms with Crippen molar-refractivity contribution in [2.75, 3.05) is 26.3 Å². The number of rotatable bonds is 3. The van der Waals surface area contributed by atoms with E-state index in [1.54, 1.807) is 17.7 Å². The maximum Gasteiger partial charge on any atom is 0.225 e. The van der Waals surface area contributed by atoms with E-state index in [0.717, 1.165) is 68.3 Å². The molecule has 0 spiro atoms. The van der Waals surface area contributed by atoms with Crippen molar-refractivity contribution in [1.82, 2.24) is 20.2 Å². The van der Waals surface area contributed by atoms with Gasteiger partial charge in [-0.15, -0.1) is 11.3 Å². The molecule has 4 heterocycles. The fourth-order valence-corrected chi connectivity index (χ4v) is 5.47. The van der Waals surface area contributed by atoms with Crippen molar-refractivity contribution in [3.63, 3.8) is 0 Å². The van der Waals surface area contributed by atoms with E-state index in [4.69, 9.17) is 9.47 Å². The first-order valence-electron chi connectivity index (χ1n) is 9.33. The molecule has 1 saturated heterocycles. The number of morpholine rings is 1. The van der Waals surface area contributed by atoms with Crippen molar-refractivity contribution in [3.05, 3.63) is 16.8 Å². The maximum absolute atomic E-state index is 6.37. The molecule has 0 bridgehead atoms. The lowest BCUT2D eigenvalue weighted by molar-refractivity contribution is -0.00126. The highest BCUT2D eigenvalue weighted by atomic mass is 32.1. The van der Waals surface area contributed by atoms with Crippen LogP contribution in [0.25, 0.3) is 10.2 Å². The normalized spacial score (nSPS) is 27.5. The molecule has 2 aromatic rings. The molecule has 1 saturated carbocycles. The second kappa shape index (κ2) is 6.79. The minimum absolute atomic E-state index is 0.278. The van der Waals surface area contributed by atoms with Crippen molar-refractivity contribution >= 4 is 21.6 Å². The Balaban J connectivity index is 1.28. The molecule has 3 aliphatic rings. The minimum atomic E-state index is 0.278. The van der Waals surface area contributed by atoms with Crippen LogP contribution in [0.4, 0.5) is 0 Å². The van der Waals surface area contributed by atoms with Crippen LogP contribution in [0, 0.1) is 0 Å². The highest BCUT2D eigenvalue weighted by molar-refractivity contribution is 7.18. The maximum atomic E-state index is 6.37. The third-order valence-electron chi connectivity index (χ3n) is 5.71. The van der Waals surface area contributed by atoms with Gasteiger partial charge in [0.15, 0.2) is 0 Å². The predicted molar refractivity (Wildman–Crippen MR) is 97.0 cm³/mol. The van der Waals surface area contributed by atoms with Gasteiger partial charge in [0, 0.05) is 37.1 Å². The molecule has 0 aromatic carbocycles. The summed E-state index contributed by atoms with van der Waals surface area (Å²) >= 11 is 1.77. The number of hydrogen-bond donors (Lipinski definition) is 1. The molecule has 0 radical (unpaired) electrons. The third kappa shape index (κ3) is 3.03. The molecule has 2 aromatic heterocycles. The first-order valence-corrected chi connectivity index (χ1v) is 10.1. The quantitative estimate of drug-likeness (QED) is 0.906. The summed E-state index contributed by atoms with van der Waals surface area (Å²) in [5.41, 5.74) is 1.35. The largest absolute Gasteiger partial charge is 0.474 e. The number of nitrogens with one attached hydrogen (secondary N) is 1. The molecular weight excluding hydrogens is 336 g/mol. The monoisotopic (exact) mass is 360 g/mol. The van der Waals surface area contributed by atoms with E-state index < -0.39 is 0 Å². The van der Waals surface area contributed by atoms with Gasteiger partial charge in [-0.3, -0.25) is 4.90 Å². The van der Waals surface area contributed by atoms with Crippen LogP contribution in [0.1, 0.15) is 36.1 Å². The van der Waals surface area contributed by atoms with E-state index in [0.29, 0.717) is 6.04 Å². The second-order valence-corrected chi connectivity index (χ2v) is 8.25. The predicted octanol–water partition coefficient (Wildman–Crippen LogP) is 2.32. The second-order valence-electron chi connectivity index (χ2n) is 7.16. The molecule has 2 aliphatic heterocycles. The van der Waals surface area contributed by atoms with Gasteiger partial charge >= 0.3 is 0 Å². The first kappa shape index (κ1) is 15.9. The van der Waals surface area contributed by atoms with E-state index >= 15 is 0 Å². The summed E-state index contributed by atoms with van der Waals surface area (Å²) in [5.74, 6) is 0.793. The van der Waals surface area contributed by atoms with E-state index in [1.807, 2.05) is 0 Å². The van der Waals surface area contributed by atoms with E-state index in [9.17, 15) is 0 Å². The van der Waals surface area contributed by atoms with Gasteiger partial charge in [0.05, 0.1) is 18.6 Å². The molecule has 7 heteroatoms. The van der Waals surface area contributed by atoms with Crippen molar-refractivity contribution in [2.45, 2.75) is 50.9 Å². The molecule has 25 heavy (non-hydrogen) atoms. The van der Waals surface area contributed by atoms with E-state index in [-0.39, 0.29) is 6.10 Å². The number of thiophene rings is 1. The third-order valence-corrected chi connectivity index (χ3v) is 6.85. The molecule has 0 unspecified atom stereocenters. The van der Waals surface area contributed by atoms with Gasteiger partial charge in [-0.1, -0.05) is 0 Å². The lowest BCUT2D eigenvalue weighted by Gasteiger charge is -2.38. The van der Waals surface area contributed by atoms with E-state index in [1.165, 1.54) is 23.3 Å². The van der Waals surface area contributed by atoms with Gasteiger partial charge in [0.1, 0.15) is 17.3 Å². The van der Waals surface area contributed by atoms with Gasteiger partial charge in [0.25, 0.3) is 0 Å². The topological polar surface area (TPSA) is 59.5 Å². The molecule has 1 N–H and O–H groups in total. The van der Waals surface area contributed by atoms with Crippen LogP contribution >= 0.6 is 11.3 Å². The molecule has 0 atom stereocenters. The highest BCUT2D eigenvalue weighted by Crippen LogP contribution is 2.38. The first-order chi connectivity index (χ1) is 12.4. The average Bonchev–Trinajstić information content (AvgIpc) is 3.24. The van der Waals surface area contributed by atoms with Crippen LogP contribution in [-0.4, -0.2) is 53.3 Å². The Labute approximate surface area is 151 Å². The SMILES string of the molecule is c1nc(OC2CCC(N3CCOCC3)CC2)c2c3c(sc2n1)CNC3. The summed E-state index contributed by atoms with van der Waals surface area (Å²) in [4.78, 5) is 14.0. The Morgan fingerprint density at radius 1 is 1.12 bits per heavy atom. The number of aromatic nitrogens is 2. The Bertz CT molecular complexity index is 751. The fraction of sp³-hybridized carbons (Fsp3) is 0.667. The fourth-order valence-electron chi connectivity index (χ4n) is 4.36. The number of nitrogens with zero attached hydrogens (tertiary/aromatic N) is 3. The Hall–Kier alpha value is -1.28. The summed E-state index contributed by atoms with van der Waals surface area (Å²) in [6, 6.07) is 0.698. The molecule has 1 aliphatic carbocycles. The summed E-state index contributed by atoms with van der Waals surface area (Å²) in [6.07, 6.45) is 6.57. The van der Waals surface area contributed by atoms with Crippen molar-refractivity contribution in [1.29, 1.82) is 0 Å². The highest BCUT2D eigenvalue weighted by Gasteiger charge is 2.29. The van der Waals surface area contributed by atoms with Gasteiger partial charge in [0.2, 0.25) is 5.88 Å². The zero-order chi connectivity index (χ0) is 16.6. The molecule has 2 fully saturated rings. The lowest BCUT2D eigenvalue weighted by Crippen LogP contribution is -2.46. The summed E-state index contributed by atoms with van der Waals surface area (Å²) in [7, 11) is 0. The lowest BCUT2D eigenvalue weighted by atomic mass is 9.91. The summed E-state index contributed by atoms with van der Waals surface area (Å²) in [5, 5.41) is 4.56. The van der Waals surface area contributed by atoms with Crippen molar-refractivity contribution in [3.8, 4) is 5.88 Å². The van der Waals surface area contributed by atoms with E-state index in [2.05, 4.69) is 20.2 Å². The van der Waals surface area contributed by atoms with Gasteiger partial charge in [-0.2, -0.15) is 0 Å². The number of hydrogen-bond acceptors (Lipinski definition) is 7. The van der Waals surface area contributed by atoms with Gasteiger partial charge in [-0.05, 0) is 31.2 Å². The molecule has 134 valence electrons. The van der Waals surface area contributed by atoms with Crippen LogP contribution in [0.3, 0.4) is 0 Å². The molecular formula is C18H24N4O2S. The summed E-state index contributed by atoms with van der Waals surface area (Å²) < 4.78 is 11.8. The zero-order valence-electron chi connectivity index (χ0n) is 14.4. The Kier molecular flexibility index (Phi) is 4.33. The van der Waals surface area contributed by atoms with Crippen LogP contribution in [0.2, 0.25) is 0 Å². The van der Waals surface area contributed by atoms with Crippen LogP contribution < -0.4 is 10.1 Å².